The van der Waals surface area contributed by atoms with Gasteiger partial charge in [0, 0.05) is 43.4 Å². The van der Waals surface area contributed by atoms with E-state index in [0.717, 1.165) is 73.6 Å². The molecule has 0 saturated heterocycles. The van der Waals surface area contributed by atoms with Crippen molar-refractivity contribution >= 4 is 12.4 Å². The molecule has 45 heavy (non-hydrogen) atoms. The van der Waals surface area contributed by atoms with Crippen LogP contribution in [0.1, 0.15) is 129 Å². The maximum Gasteiger partial charge on any atom is 0.127 e. The van der Waals surface area contributed by atoms with Crippen LogP contribution in [-0.4, -0.2) is 81.1 Å². The lowest BCUT2D eigenvalue weighted by Gasteiger charge is -2.26. The molecule has 1 saturated carbocycles. The van der Waals surface area contributed by atoms with Gasteiger partial charge in [-0.05, 0) is 131 Å². The first-order valence-corrected chi connectivity index (χ1v) is 16.9. The number of rotatable bonds is 18. The minimum Gasteiger partial charge on any atom is -0.507 e. The van der Waals surface area contributed by atoms with E-state index in [9.17, 15) is 30.6 Å². The Balaban J connectivity index is 1.85. The van der Waals surface area contributed by atoms with Crippen molar-refractivity contribution in [3.63, 3.8) is 0 Å². The molecule has 0 radical (unpaired) electrons. The monoisotopic (exact) mass is 624 g/mol. The normalized spacial score (nSPS) is 18.8. The van der Waals surface area contributed by atoms with E-state index in [4.69, 9.17) is 9.98 Å². The van der Waals surface area contributed by atoms with E-state index in [0.29, 0.717) is 36.8 Å². The van der Waals surface area contributed by atoms with Crippen molar-refractivity contribution in [2.24, 2.45) is 9.98 Å². The molecule has 1 fully saturated rings. The Morgan fingerprint density at radius 2 is 1.07 bits per heavy atom. The lowest BCUT2D eigenvalue weighted by atomic mass is 9.87. The molecule has 250 valence electrons. The van der Waals surface area contributed by atoms with Crippen LogP contribution in [0.15, 0.2) is 34.3 Å². The van der Waals surface area contributed by atoms with E-state index in [2.05, 4.69) is 0 Å². The zero-order valence-electron chi connectivity index (χ0n) is 27.5. The van der Waals surface area contributed by atoms with Crippen LogP contribution >= 0.6 is 0 Å². The molecule has 0 amide bonds. The van der Waals surface area contributed by atoms with Crippen LogP contribution in [0.25, 0.3) is 0 Å². The van der Waals surface area contributed by atoms with Crippen molar-refractivity contribution in [2.75, 3.05) is 19.8 Å². The minimum absolute atomic E-state index is 0.0484. The predicted octanol–water partition coefficient (Wildman–Crippen LogP) is 6.21. The molecule has 1 aliphatic carbocycles. The Morgan fingerprint density at radius 3 is 1.44 bits per heavy atom. The first kappa shape index (κ1) is 36.7. The summed E-state index contributed by atoms with van der Waals surface area (Å²) in [7, 11) is 0. The van der Waals surface area contributed by atoms with Gasteiger partial charge in [0.2, 0.25) is 0 Å². The molecule has 8 nitrogen and oxygen atoms in total. The number of nitrogens with zero attached hydrogens (tertiary/aromatic N) is 2. The van der Waals surface area contributed by atoms with Gasteiger partial charge in [-0.3, -0.25) is 9.98 Å². The quantitative estimate of drug-likeness (QED) is 0.109. The summed E-state index contributed by atoms with van der Waals surface area (Å²) >= 11 is 0. The zero-order valence-corrected chi connectivity index (χ0v) is 27.5. The fourth-order valence-corrected chi connectivity index (χ4v) is 6.54. The number of aromatic hydroxyl groups is 2. The Kier molecular flexibility index (Phi) is 15.5. The van der Waals surface area contributed by atoms with Crippen molar-refractivity contribution in [1.29, 1.82) is 0 Å². The highest BCUT2D eigenvalue weighted by Gasteiger charge is 2.24. The van der Waals surface area contributed by atoms with Gasteiger partial charge >= 0.3 is 0 Å². The Hall–Kier alpha value is -2.78. The molecule has 2 aromatic carbocycles. The summed E-state index contributed by atoms with van der Waals surface area (Å²) in [5.74, 6) is 0.780. The molecular weight excluding hydrogens is 568 g/mol. The van der Waals surface area contributed by atoms with Crippen molar-refractivity contribution in [3.05, 3.63) is 57.6 Å². The van der Waals surface area contributed by atoms with Crippen LogP contribution in [0, 0.1) is 13.8 Å². The van der Waals surface area contributed by atoms with Gasteiger partial charge in [0.25, 0.3) is 0 Å². The summed E-state index contributed by atoms with van der Waals surface area (Å²) in [6, 6.07) is 7.89. The molecule has 0 spiro atoms. The summed E-state index contributed by atoms with van der Waals surface area (Å²) in [5, 5.41) is 59.9. The van der Waals surface area contributed by atoms with E-state index in [1.807, 2.05) is 38.1 Å². The van der Waals surface area contributed by atoms with Crippen molar-refractivity contribution in [2.45, 2.75) is 128 Å². The van der Waals surface area contributed by atoms with Crippen LogP contribution in [0.2, 0.25) is 0 Å². The molecule has 0 aromatic heterocycles. The van der Waals surface area contributed by atoms with Gasteiger partial charge in [-0.1, -0.05) is 25.0 Å². The number of phenolic OH excluding ortho intramolecular Hbond substituents is 2. The lowest BCUT2D eigenvalue weighted by molar-refractivity contribution is 0.176. The van der Waals surface area contributed by atoms with Crippen LogP contribution in [0.5, 0.6) is 11.5 Å². The molecule has 2 aromatic rings. The fraction of sp³-hybridized carbons (Fsp3) is 0.622. The number of phenols is 2. The highest BCUT2D eigenvalue weighted by Crippen LogP contribution is 2.34. The number of hydrogen-bond acceptors (Lipinski definition) is 8. The Labute approximate surface area is 269 Å². The second-order valence-electron chi connectivity index (χ2n) is 12.9. The van der Waals surface area contributed by atoms with E-state index in [1.165, 1.54) is 0 Å². The highest BCUT2D eigenvalue weighted by molar-refractivity contribution is 5.85. The number of aliphatic hydroxyl groups excluding tert-OH is 4. The Bertz CT molecular complexity index is 1240. The summed E-state index contributed by atoms with van der Waals surface area (Å²) in [4.78, 5) is 9.90. The van der Waals surface area contributed by atoms with Crippen molar-refractivity contribution < 1.29 is 30.6 Å². The number of hydrogen-bond donors (Lipinski definition) is 6. The minimum atomic E-state index is -0.392. The maximum absolute atomic E-state index is 10.9. The van der Waals surface area contributed by atoms with E-state index in [1.54, 1.807) is 19.4 Å². The van der Waals surface area contributed by atoms with E-state index < -0.39 is 6.10 Å². The molecule has 4 unspecified atom stereocenters. The van der Waals surface area contributed by atoms with Crippen molar-refractivity contribution in [3.8, 4) is 11.5 Å². The third-order valence-corrected chi connectivity index (χ3v) is 9.22. The molecule has 6 N–H and O–H groups in total. The molecular formula is C37H56N2O6. The van der Waals surface area contributed by atoms with Gasteiger partial charge in [-0.25, -0.2) is 0 Å². The lowest BCUT2D eigenvalue weighted by Crippen LogP contribution is -2.27. The molecule has 0 aliphatic heterocycles. The van der Waals surface area contributed by atoms with Crippen LogP contribution in [0.4, 0.5) is 0 Å². The largest absolute Gasteiger partial charge is 0.507 e. The predicted molar refractivity (Wildman–Crippen MR) is 182 cm³/mol. The molecule has 0 bridgehead atoms. The summed E-state index contributed by atoms with van der Waals surface area (Å²) in [6.07, 6.45) is 13.0. The second-order valence-corrected chi connectivity index (χ2v) is 12.9. The summed E-state index contributed by atoms with van der Waals surface area (Å²) < 4.78 is 0. The first-order chi connectivity index (χ1) is 21.7. The van der Waals surface area contributed by atoms with E-state index >= 15 is 0 Å². The zero-order chi connectivity index (χ0) is 32.8. The fourth-order valence-electron chi connectivity index (χ4n) is 6.54. The standard InChI is InChI=1S/C37H56N2O6/c1-25-19-30(28(9-6-16-40)10-7-17-41)21-32(36(25)44)23-38-34-12-4-5-13-35(34)39-24-33-22-31(20-26(2)37(33)45)29(11-8-18-42)15-14-27(3)43/h19-24,27-29,34-35,40-45H,4-18H2,1-3H3/b38-23+,39-24+. The van der Waals surface area contributed by atoms with Gasteiger partial charge in [-0.2, -0.15) is 0 Å². The third-order valence-electron chi connectivity index (χ3n) is 9.22. The van der Waals surface area contributed by atoms with Crippen LogP contribution in [0.3, 0.4) is 0 Å². The summed E-state index contributed by atoms with van der Waals surface area (Å²) in [5.41, 5.74) is 5.07. The number of aryl methyl sites for hydroxylation is 2. The highest BCUT2D eigenvalue weighted by atomic mass is 16.3. The SMILES string of the molecule is Cc1cc(C(CCCO)CCCO)cc(/C=N/C2CCCCC2/N=C/c2cc(C(CCCO)CCC(C)O)cc(C)c2O)c1O. The topological polar surface area (TPSA) is 146 Å². The van der Waals surface area contributed by atoms with Gasteiger partial charge in [0.05, 0.1) is 18.2 Å². The second kappa shape index (κ2) is 19.0. The van der Waals surface area contributed by atoms with Crippen LogP contribution < -0.4 is 0 Å². The van der Waals surface area contributed by atoms with E-state index in [-0.39, 0.29) is 55.2 Å². The molecule has 8 heteroatoms. The molecule has 4 atom stereocenters. The molecule has 1 aliphatic rings. The smallest absolute Gasteiger partial charge is 0.127 e. The molecule has 3 rings (SSSR count). The van der Waals surface area contributed by atoms with Gasteiger partial charge in [-0.15, -0.1) is 0 Å². The van der Waals surface area contributed by atoms with Crippen molar-refractivity contribution in [1.82, 2.24) is 0 Å². The Morgan fingerprint density at radius 1 is 0.667 bits per heavy atom. The molecule has 0 heterocycles. The average Bonchev–Trinajstić information content (AvgIpc) is 3.02. The number of aliphatic imine (C=N–C) groups is 2. The van der Waals surface area contributed by atoms with Gasteiger partial charge in [0.1, 0.15) is 11.5 Å². The van der Waals surface area contributed by atoms with Gasteiger partial charge < -0.3 is 30.6 Å². The number of aliphatic hydroxyl groups is 4. The third kappa shape index (κ3) is 11.2. The maximum atomic E-state index is 10.9. The first-order valence-electron chi connectivity index (χ1n) is 16.9. The average molecular weight is 625 g/mol. The summed E-state index contributed by atoms with van der Waals surface area (Å²) in [6.45, 7) is 5.94. The number of benzene rings is 2. The van der Waals surface area contributed by atoms with Gasteiger partial charge in [0.15, 0.2) is 0 Å². The van der Waals surface area contributed by atoms with Crippen LogP contribution in [-0.2, 0) is 0 Å².